The molecular weight excluding hydrogens is 729 g/mol. The fourth-order valence-electron chi connectivity index (χ4n) is 6.09. The number of hydrogen-bond donors (Lipinski definition) is 0. The average molecular weight is 783 g/mol. The molecule has 0 atom stereocenters. The van der Waals surface area contributed by atoms with Gasteiger partial charge in [-0.25, -0.2) is 14.4 Å². The maximum Gasteiger partial charge on any atom is 0.343 e. The lowest BCUT2D eigenvalue weighted by atomic mass is 10.1. The fraction of sp³-hybridized carbons (Fsp3) is 0.327. The summed E-state index contributed by atoms with van der Waals surface area (Å²) in [6.45, 7) is 5.07. The first-order chi connectivity index (χ1) is 28.4. The SMILES string of the molecule is CCCCCCCCCCCCOc1ccc(C(=O)Oc2ccc(C(=O)Oc3ccc(C(=O)Oc4ccc(N=Nc5ccc(CCCC)cc5)cc4)cc3)cc2)cc1. The van der Waals surface area contributed by atoms with E-state index in [9.17, 15) is 14.4 Å². The molecule has 0 spiro atoms. The number of hydrogen-bond acceptors (Lipinski definition) is 9. The van der Waals surface area contributed by atoms with Gasteiger partial charge in [0.1, 0.15) is 23.0 Å². The van der Waals surface area contributed by atoms with Crippen molar-refractivity contribution in [2.45, 2.75) is 97.3 Å². The van der Waals surface area contributed by atoms with Gasteiger partial charge in [0.05, 0.1) is 34.7 Å². The number of aryl methyl sites for hydroxylation is 1. The van der Waals surface area contributed by atoms with Crippen LogP contribution in [-0.4, -0.2) is 24.5 Å². The lowest BCUT2D eigenvalue weighted by Crippen LogP contribution is -2.11. The number of rotatable bonds is 23. The summed E-state index contributed by atoms with van der Waals surface area (Å²) in [6.07, 6.45) is 16.1. The van der Waals surface area contributed by atoms with Gasteiger partial charge in [0.25, 0.3) is 0 Å². The minimum Gasteiger partial charge on any atom is -0.494 e. The second-order valence-electron chi connectivity index (χ2n) is 14.2. The molecule has 0 bridgehead atoms. The van der Waals surface area contributed by atoms with Gasteiger partial charge >= 0.3 is 17.9 Å². The van der Waals surface area contributed by atoms with E-state index < -0.39 is 17.9 Å². The van der Waals surface area contributed by atoms with Crippen LogP contribution in [0.5, 0.6) is 23.0 Å². The van der Waals surface area contributed by atoms with Gasteiger partial charge < -0.3 is 18.9 Å². The van der Waals surface area contributed by atoms with E-state index in [0.717, 1.165) is 37.8 Å². The molecule has 0 aliphatic heterocycles. The Morgan fingerprint density at radius 3 is 1.16 bits per heavy atom. The number of benzene rings is 5. The highest BCUT2D eigenvalue weighted by molar-refractivity contribution is 5.93. The van der Waals surface area contributed by atoms with Gasteiger partial charge in [-0.1, -0.05) is 90.2 Å². The van der Waals surface area contributed by atoms with Crippen LogP contribution in [0.3, 0.4) is 0 Å². The largest absolute Gasteiger partial charge is 0.494 e. The molecule has 0 fully saturated rings. The van der Waals surface area contributed by atoms with Gasteiger partial charge in [-0.2, -0.15) is 10.2 Å². The van der Waals surface area contributed by atoms with Gasteiger partial charge in [0, 0.05) is 0 Å². The molecule has 302 valence electrons. The normalized spacial score (nSPS) is 11.0. The van der Waals surface area contributed by atoms with Crippen molar-refractivity contribution in [2.24, 2.45) is 10.2 Å². The van der Waals surface area contributed by atoms with Crippen LogP contribution < -0.4 is 18.9 Å². The lowest BCUT2D eigenvalue weighted by Gasteiger charge is -2.09. The highest BCUT2D eigenvalue weighted by Crippen LogP contribution is 2.24. The molecule has 0 aromatic heterocycles. The molecule has 5 aromatic rings. The standard InChI is InChI=1S/C49H54N2O7/c1-3-5-7-8-9-10-11-12-13-14-36-55-43-28-18-38(19-29-43)47(52)56-44-30-20-39(21-31-44)48(53)57-45-32-22-40(23-33-45)49(54)58-46-34-26-42(27-35-46)51-50-41-24-16-37(17-25-41)15-6-4-2/h16-35H,3-15,36H2,1-2H3. The van der Waals surface area contributed by atoms with Crippen LogP contribution in [-0.2, 0) is 6.42 Å². The maximum atomic E-state index is 12.8. The summed E-state index contributed by atoms with van der Waals surface area (Å²) >= 11 is 0. The molecule has 0 amide bonds. The van der Waals surface area contributed by atoms with E-state index in [4.69, 9.17) is 18.9 Å². The van der Waals surface area contributed by atoms with Crippen molar-refractivity contribution in [1.29, 1.82) is 0 Å². The number of azo groups is 1. The van der Waals surface area contributed by atoms with E-state index in [-0.39, 0.29) is 22.6 Å². The summed E-state index contributed by atoms with van der Waals surface area (Å²) < 4.78 is 22.4. The first-order valence-corrected chi connectivity index (χ1v) is 20.6. The van der Waals surface area contributed by atoms with Crippen LogP contribution in [0.1, 0.15) is 128 Å². The topological polar surface area (TPSA) is 113 Å². The zero-order valence-corrected chi connectivity index (χ0v) is 33.7. The van der Waals surface area contributed by atoms with Crippen LogP contribution in [0.15, 0.2) is 132 Å². The second kappa shape index (κ2) is 23.9. The predicted octanol–water partition coefficient (Wildman–Crippen LogP) is 13.4. The van der Waals surface area contributed by atoms with Crippen molar-refractivity contribution < 1.29 is 33.3 Å². The number of carbonyl (C=O) groups is 3. The van der Waals surface area contributed by atoms with Crippen LogP contribution >= 0.6 is 0 Å². The molecule has 9 heteroatoms. The molecular formula is C49H54N2O7. The lowest BCUT2D eigenvalue weighted by molar-refractivity contribution is 0.0725. The van der Waals surface area contributed by atoms with E-state index in [1.54, 1.807) is 48.5 Å². The molecule has 0 heterocycles. The summed E-state index contributed by atoms with van der Waals surface area (Å²) in [7, 11) is 0. The fourth-order valence-corrected chi connectivity index (χ4v) is 6.09. The molecule has 0 aliphatic carbocycles. The van der Waals surface area contributed by atoms with Crippen LogP contribution in [0.2, 0.25) is 0 Å². The van der Waals surface area contributed by atoms with Crippen molar-refractivity contribution in [3.63, 3.8) is 0 Å². The van der Waals surface area contributed by atoms with Crippen molar-refractivity contribution in [3.8, 4) is 23.0 Å². The van der Waals surface area contributed by atoms with Gasteiger partial charge in [0.2, 0.25) is 0 Å². The summed E-state index contributed by atoms with van der Waals surface area (Å²) in [5, 5.41) is 8.56. The Morgan fingerprint density at radius 2 is 0.741 bits per heavy atom. The van der Waals surface area contributed by atoms with Gasteiger partial charge in [-0.15, -0.1) is 0 Å². The monoisotopic (exact) mass is 782 g/mol. The zero-order valence-electron chi connectivity index (χ0n) is 33.7. The van der Waals surface area contributed by atoms with E-state index >= 15 is 0 Å². The average Bonchev–Trinajstić information content (AvgIpc) is 3.25. The smallest absolute Gasteiger partial charge is 0.343 e. The molecule has 5 rings (SSSR count). The van der Waals surface area contributed by atoms with Gasteiger partial charge in [-0.05, 0) is 134 Å². The zero-order chi connectivity index (χ0) is 40.8. The number of ether oxygens (including phenoxy) is 4. The third-order valence-electron chi connectivity index (χ3n) is 9.54. The Balaban J connectivity index is 0.998. The molecule has 58 heavy (non-hydrogen) atoms. The Bertz CT molecular complexity index is 2020. The molecule has 0 radical (unpaired) electrons. The number of esters is 3. The third-order valence-corrected chi connectivity index (χ3v) is 9.54. The summed E-state index contributed by atoms with van der Waals surface area (Å²) in [4.78, 5) is 38.3. The highest BCUT2D eigenvalue weighted by Gasteiger charge is 2.14. The molecule has 0 saturated heterocycles. The van der Waals surface area contributed by atoms with E-state index in [1.807, 2.05) is 12.1 Å². The van der Waals surface area contributed by atoms with E-state index in [2.05, 4.69) is 36.2 Å². The Kier molecular flexibility index (Phi) is 17.7. The molecule has 0 N–H and O–H groups in total. The number of nitrogens with zero attached hydrogens (tertiary/aromatic N) is 2. The van der Waals surface area contributed by atoms with Crippen molar-refractivity contribution in [2.75, 3.05) is 6.61 Å². The molecule has 5 aromatic carbocycles. The number of carbonyl (C=O) groups excluding carboxylic acids is 3. The summed E-state index contributed by atoms with van der Waals surface area (Å²) in [6, 6.07) is 33.8. The molecule has 0 aliphatic rings. The summed E-state index contributed by atoms with van der Waals surface area (Å²) in [5.74, 6) is -0.0933. The molecule has 0 unspecified atom stereocenters. The van der Waals surface area contributed by atoms with E-state index in [1.165, 1.54) is 105 Å². The number of unbranched alkanes of at least 4 members (excludes halogenated alkanes) is 10. The maximum absolute atomic E-state index is 12.8. The van der Waals surface area contributed by atoms with Crippen molar-refractivity contribution in [3.05, 3.63) is 144 Å². The van der Waals surface area contributed by atoms with Crippen LogP contribution in [0, 0.1) is 0 Å². The quantitative estimate of drug-likeness (QED) is 0.0280. The predicted molar refractivity (Wildman–Crippen MR) is 227 cm³/mol. The Labute approximate surface area is 342 Å². The van der Waals surface area contributed by atoms with Gasteiger partial charge in [0.15, 0.2) is 0 Å². The highest BCUT2D eigenvalue weighted by atomic mass is 16.5. The molecule has 9 nitrogen and oxygen atoms in total. The van der Waals surface area contributed by atoms with Crippen molar-refractivity contribution >= 4 is 29.3 Å². The first-order valence-electron chi connectivity index (χ1n) is 20.6. The third kappa shape index (κ3) is 14.8. The minimum atomic E-state index is -0.608. The van der Waals surface area contributed by atoms with Crippen molar-refractivity contribution in [1.82, 2.24) is 0 Å². The minimum absolute atomic E-state index is 0.248. The van der Waals surface area contributed by atoms with E-state index in [0.29, 0.717) is 29.4 Å². The first kappa shape index (κ1) is 43.0. The second-order valence-corrected chi connectivity index (χ2v) is 14.2. The van der Waals surface area contributed by atoms with Crippen LogP contribution in [0.4, 0.5) is 11.4 Å². The molecule has 0 saturated carbocycles. The van der Waals surface area contributed by atoms with Crippen LogP contribution in [0.25, 0.3) is 0 Å². The Hall–Kier alpha value is -6.09. The Morgan fingerprint density at radius 1 is 0.397 bits per heavy atom. The summed E-state index contributed by atoms with van der Waals surface area (Å²) in [5.41, 5.74) is 3.60. The van der Waals surface area contributed by atoms with Gasteiger partial charge in [-0.3, -0.25) is 0 Å².